The molecule has 1 heterocycles. The number of fused-ring (bicyclic) bond motifs is 1. The normalized spacial score (nSPS) is 9.42. The van der Waals surface area contributed by atoms with Gasteiger partial charge < -0.3 is 20.9 Å². The average molecular weight is 935 g/mol. The van der Waals surface area contributed by atoms with E-state index in [1.54, 1.807) is 0 Å². The summed E-state index contributed by atoms with van der Waals surface area (Å²) in [6, 6.07) is 18.9. The Morgan fingerprint density at radius 2 is 1.24 bits per heavy atom. The lowest BCUT2D eigenvalue weighted by Gasteiger charge is -2.14. The summed E-state index contributed by atoms with van der Waals surface area (Å²) < 4.78 is 5.65. The summed E-state index contributed by atoms with van der Waals surface area (Å²) in [6.45, 7) is 8.85. The fourth-order valence-corrected chi connectivity index (χ4v) is 6.12. The number of nitrogens with one attached hydrogen (secondary N) is 1. The van der Waals surface area contributed by atoms with Gasteiger partial charge in [-0.15, -0.1) is 17.0 Å². The second-order valence-corrected chi connectivity index (χ2v) is 14.4. The van der Waals surface area contributed by atoms with Gasteiger partial charge in [-0.3, -0.25) is 0 Å². The van der Waals surface area contributed by atoms with Crippen LogP contribution < -0.4 is 16.4 Å². The summed E-state index contributed by atoms with van der Waals surface area (Å²) in [5.74, 6) is 12.9. The predicted octanol–water partition coefficient (Wildman–Crippen LogP) is 13.0. The second-order valence-electron chi connectivity index (χ2n) is 11.7. The van der Waals surface area contributed by atoms with Crippen molar-refractivity contribution in [2.24, 2.45) is 7.05 Å². The molecule has 4 N–H and O–H groups in total. The number of nitrogens with zero attached hydrogens (tertiary/aromatic N) is 2. The summed E-state index contributed by atoms with van der Waals surface area (Å²) in [6.07, 6.45) is 10.4. The van der Waals surface area contributed by atoms with E-state index in [4.69, 9.17) is 0 Å². The number of hydrogen-bond acceptors (Lipinski definition) is 3. The van der Waals surface area contributed by atoms with Crippen LogP contribution in [0.15, 0.2) is 68.0 Å². The lowest BCUT2D eigenvalue weighted by atomic mass is 10.1. The minimum absolute atomic E-state index is 0. The number of anilines is 2. The van der Waals surface area contributed by atoms with Crippen LogP contribution in [0.25, 0.3) is 10.9 Å². The summed E-state index contributed by atoms with van der Waals surface area (Å²) in [4.78, 5) is 2.09. The van der Waals surface area contributed by atoms with Gasteiger partial charge >= 0.3 is 0 Å². The molecule has 4 nitrogen and oxygen atoms in total. The molecule has 0 saturated heterocycles. The number of benzene rings is 3. The van der Waals surface area contributed by atoms with Crippen molar-refractivity contribution in [1.82, 2.24) is 10.7 Å². The van der Waals surface area contributed by atoms with E-state index in [0.29, 0.717) is 0 Å². The molecule has 0 aliphatic carbocycles. The van der Waals surface area contributed by atoms with E-state index in [1.165, 1.54) is 72.8 Å². The van der Waals surface area contributed by atoms with Crippen molar-refractivity contribution in [3.05, 3.63) is 90.4 Å². The zero-order valence-corrected chi connectivity index (χ0v) is 37.8. The zero-order chi connectivity index (χ0) is 34.8. The highest BCUT2D eigenvalue weighted by Gasteiger charge is 2.11. The highest BCUT2D eigenvalue weighted by Crippen LogP contribution is 2.28. The fraction of sp³-hybridized carbons (Fsp3) is 0.415. The first-order valence-electron chi connectivity index (χ1n) is 16.7. The van der Waals surface area contributed by atoms with Crippen molar-refractivity contribution in [2.75, 3.05) is 31.4 Å². The molecule has 1 aromatic heterocycles. The van der Waals surface area contributed by atoms with Gasteiger partial charge in [0.05, 0.1) is 5.69 Å². The van der Waals surface area contributed by atoms with Gasteiger partial charge in [-0.25, -0.2) is 0 Å². The van der Waals surface area contributed by atoms with E-state index in [0.717, 1.165) is 43.1 Å². The van der Waals surface area contributed by atoms with Gasteiger partial charge in [0.1, 0.15) is 0 Å². The Hall–Kier alpha value is -2.14. The highest BCUT2D eigenvalue weighted by atomic mass is 79.9. The van der Waals surface area contributed by atoms with E-state index < -0.39 is 0 Å². The Kier molecular flexibility index (Phi) is 27.5. The molecule has 0 fully saturated rings. The van der Waals surface area contributed by atoms with Crippen molar-refractivity contribution >= 4 is 95.5 Å². The summed E-state index contributed by atoms with van der Waals surface area (Å²) in [7, 11) is 8.18. The van der Waals surface area contributed by atoms with Crippen molar-refractivity contribution in [1.29, 1.82) is 0 Å². The lowest BCUT2D eigenvalue weighted by Crippen LogP contribution is -2.10. The van der Waals surface area contributed by atoms with Crippen LogP contribution >= 0.6 is 64.8 Å². The molecule has 4 rings (SSSR count). The molecule has 50 heavy (non-hydrogen) atoms. The first-order valence-corrected chi connectivity index (χ1v) is 19.1. The maximum absolute atomic E-state index is 3.54. The van der Waals surface area contributed by atoms with Crippen LogP contribution in [0.2, 0.25) is 0 Å². The number of halogens is 4. The van der Waals surface area contributed by atoms with Crippen molar-refractivity contribution in [2.45, 2.75) is 85.5 Å². The maximum atomic E-state index is 3.54. The molecule has 3 aromatic carbocycles. The van der Waals surface area contributed by atoms with E-state index in [2.05, 4.69) is 151 Å². The van der Waals surface area contributed by atoms with Gasteiger partial charge in [-0.05, 0) is 92.8 Å². The lowest BCUT2D eigenvalue weighted by molar-refractivity contribution is 0.737. The van der Waals surface area contributed by atoms with E-state index in [9.17, 15) is 0 Å². The van der Waals surface area contributed by atoms with Gasteiger partial charge in [0.2, 0.25) is 0 Å². The van der Waals surface area contributed by atoms with Crippen LogP contribution in [0.5, 0.6) is 0 Å². The molecule has 0 spiro atoms. The van der Waals surface area contributed by atoms with Crippen LogP contribution in [0, 0.1) is 30.6 Å². The van der Waals surface area contributed by atoms with Crippen LogP contribution in [-0.4, -0.2) is 34.1 Å². The first-order chi connectivity index (χ1) is 22.6. The molecule has 3 radical (unpaired) electrons. The summed E-state index contributed by atoms with van der Waals surface area (Å²) in [5.41, 5.74) is 8.67. The van der Waals surface area contributed by atoms with Crippen LogP contribution in [0.3, 0.4) is 0 Å². The van der Waals surface area contributed by atoms with E-state index in [1.807, 2.05) is 45.4 Å². The summed E-state index contributed by atoms with van der Waals surface area (Å²) in [5, 5.41) is 4.52. The molecule has 0 aliphatic rings. The van der Waals surface area contributed by atoms with Crippen molar-refractivity contribution in [3.8, 4) is 23.7 Å². The molecule has 0 unspecified atom stereocenters. The predicted molar refractivity (Wildman–Crippen MR) is 240 cm³/mol. The fourth-order valence-electron chi connectivity index (χ4n) is 5.03. The zero-order valence-electron chi connectivity index (χ0n) is 31.3. The van der Waals surface area contributed by atoms with Crippen molar-refractivity contribution in [3.63, 3.8) is 0 Å². The van der Waals surface area contributed by atoms with Gasteiger partial charge in [-0.2, -0.15) is 0 Å². The topological polar surface area (TPSA) is 55.2 Å². The smallest absolute Gasteiger partial charge is 0.0520 e. The molecule has 4 aromatic rings. The quantitative estimate of drug-likeness (QED) is 0.0999. The third kappa shape index (κ3) is 16.5. The Morgan fingerprint density at radius 3 is 1.78 bits per heavy atom. The monoisotopic (exact) mass is 931 g/mol. The maximum Gasteiger partial charge on any atom is 0.0520 e. The molecule has 0 bridgehead atoms. The SMILES string of the molecule is Br.CCCCC#Cc1cc(Br)ccc1N(C)C.CCCCC#Cc1cc(Br)ccc1NC.CCCCc1c(C)c2cc(Br)ccc2n1C.N.[B]. The van der Waals surface area contributed by atoms with Gasteiger partial charge in [0, 0.05) is 96.3 Å². The van der Waals surface area contributed by atoms with E-state index in [-0.39, 0.29) is 31.5 Å². The number of unbranched alkanes of at least 4 members (excludes halogenated alkanes) is 5. The number of rotatable bonds is 9. The van der Waals surface area contributed by atoms with Crippen LogP contribution in [0.1, 0.15) is 94.5 Å². The van der Waals surface area contributed by atoms with Gasteiger partial charge in [0.25, 0.3) is 0 Å². The Labute approximate surface area is 341 Å². The Balaban J connectivity index is 0. The highest BCUT2D eigenvalue weighted by molar-refractivity contribution is 9.11. The Morgan fingerprint density at radius 1 is 0.740 bits per heavy atom. The molecular formula is C41H56BBr4N4. The molecule has 9 heteroatoms. The van der Waals surface area contributed by atoms with E-state index >= 15 is 0 Å². The minimum atomic E-state index is 0. The van der Waals surface area contributed by atoms with Gasteiger partial charge in [0.15, 0.2) is 0 Å². The molecule has 0 saturated carbocycles. The standard InChI is InChI=1S/2C14H18BrN.C13H16BrN.B.BrH.H3N/c1-4-5-6-13-10(2)12-9-11(15)7-8-14(12)16(13)3;1-4-5-6-7-8-12-11-13(15)9-10-14(12)16(2)3;1-3-4-5-6-7-11-10-12(14)8-9-13(11)15-2;;;/h7-9H,4-6H2,1-3H3;9-11H,4-6H2,1-3H3;8-10,15H,3-5H2,1-2H3;;1H;1H3. The first kappa shape index (κ1) is 50.0. The Bertz CT molecular complexity index is 1690. The van der Waals surface area contributed by atoms with Crippen LogP contribution in [-0.2, 0) is 13.5 Å². The molecule has 0 aliphatic heterocycles. The third-order valence-corrected chi connectivity index (χ3v) is 9.26. The van der Waals surface area contributed by atoms with Gasteiger partial charge in [-0.1, -0.05) is 112 Å². The van der Waals surface area contributed by atoms with Crippen LogP contribution in [0.4, 0.5) is 11.4 Å². The molecule has 271 valence electrons. The second kappa shape index (κ2) is 27.5. The number of aromatic nitrogens is 1. The summed E-state index contributed by atoms with van der Waals surface area (Å²) >= 11 is 10.5. The molecular weight excluding hydrogens is 879 g/mol. The molecule has 0 atom stereocenters. The largest absolute Gasteiger partial charge is 0.387 e. The molecule has 0 amide bonds. The number of aryl methyl sites for hydroxylation is 2. The minimum Gasteiger partial charge on any atom is -0.387 e. The number of hydrogen-bond donors (Lipinski definition) is 2. The van der Waals surface area contributed by atoms with Crippen molar-refractivity contribution < 1.29 is 0 Å². The third-order valence-electron chi connectivity index (χ3n) is 7.78. The average Bonchev–Trinajstić information content (AvgIpc) is 3.28.